The summed E-state index contributed by atoms with van der Waals surface area (Å²) in [6.45, 7) is 1.89. The fourth-order valence-corrected chi connectivity index (χ4v) is 2.03. The molecule has 0 radical (unpaired) electrons. The maximum atomic E-state index is 7.51. The van der Waals surface area contributed by atoms with Gasteiger partial charge in [-0.3, -0.25) is 5.41 Å². The van der Waals surface area contributed by atoms with E-state index < -0.39 is 0 Å². The molecule has 1 aromatic rings. The van der Waals surface area contributed by atoms with E-state index in [-0.39, 0.29) is 5.84 Å². The van der Waals surface area contributed by atoms with Gasteiger partial charge < -0.3 is 10.6 Å². The van der Waals surface area contributed by atoms with E-state index in [1.165, 1.54) is 0 Å². The number of hydrogen-bond acceptors (Lipinski definition) is 3. The molecule has 0 saturated carbocycles. The number of nitrogens with two attached hydrogens (primary N) is 1. The monoisotopic (exact) mass is 237 g/mol. The predicted octanol–water partition coefficient (Wildman–Crippen LogP) is 1.77. The van der Waals surface area contributed by atoms with Crippen molar-refractivity contribution in [1.29, 1.82) is 5.41 Å². The molecule has 16 heavy (non-hydrogen) atoms. The Hall–Kier alpha value is -1.00. The first-order chi connectivity index (χ1) is 7.65. The summed E-state index contributed by atoms with van der Waals surface area (Å²) in [5.41, 5.74) is 7.52. The molecule has 1 aromatic carbocycles. The van der Waals surface area contributed by atoms with Crippen LogP contribution in [0.5, 0.6) is 0 Å². The number of thioether (sulfide) groups is 1. The second kappa shape index (κ2) is 6.55. The highest BCUT2D eigenvalue weighted by atomic mass is 32.2. The number of amidine groups is 1. The molecule has 0 aromatic heterocycles. The topological polar surface area (TPSA) is 53.1 Å². The summed E-state index contributed by atoms with van der Waals surface area (Å²) < 4.78 is 0. The van der Waals surface area contributed by atoms with E-state index in [0.717, 1.165) is 30.0 Å². The van der Waals surface area contributed by atoms with Crippen LogP contribution in [0.3, 0.4) is 0 Å². The first kappa shape index (κ1) is 13.1. The van der Waals surface area contributed by atoms with Crippen LogP contribution in [0, 0.1) is 5.41 Å². The Bertz CT molecular complexity index is 352. The maximum Gasteiger partial charge on any atom is 0.123 e. The van der Waals surface area contributed by atoms with Crippen LogP contribution in [0.4, 0.5) is 0 Å². The molecule has 0 atom stereocenters. The van der Waals surface area contributed by atoms with Gasteiger partial charge in [0.1, 0.15) is 5.84 Å². The Morgan fingerprint density at radius 3 is 2.75 bits per heavy atom. The van der Waals surface area contributed by atoms with E-state index in [0.29, 0.717) is 0 Å². The lowest BCUT2D eigenvalue weighted by molar-refractivity contribution is 0.348. The van der Waals surface area contributed by atoms with Crippen LogP contribution in [-0.4, -0.2) is 36.3 Å². The highest BCUT2D eigenvalue weighted by molar-refractivity contribution is 7.98. The van der Waals surface area contributed by atoms with Crippen LogP contribution < -0.4 is 5.73 Å². The Balaban J connectivity index is 2.69. The third-order valence-electron chi connectivity index (χ3n) is 2.42. The van der Waals surface area contributed by atoms with Gasteiger partial charge in [-0.25, -0.2) is 0 Å². The van der Waals surface area contributed by atoms with Crippen molar-refractivity contribution in [2.45, 2.75) is 6.54 Å². The Kier molecular flexibility index (Phi) is 5.35. The third kappa shape index (κ3) is 3.87. The molecule has 4 heteroatoms. The van der Waals surface area contributed by atoms with Gasteiger partial charge in [0.15, 0.2) is 0 Å². The normalized spacial score (nSPS) is 10.7. The van der Waals surface area contributed by atoms with Crippen molar-refractivity contribution in [3.8, 4) is 0 Å². The van der Waals surface area contributed by atoms with E-state index in [1.807, 2.05) is 36.0 Å². The van der Waals surface area contributed by atoms with E-state index in [4.69, 9.17) is 11.1 Å². The van der Waals surface area contributed by atoms with Crippen molar-refractivity contribution >= 4 is 17.6 Å². The molecule has 0 unspecified atom stereocenters. The first-order valence-corrected chi connectivity index (χ1v) is 6.64. The maximum absolute atomic E-state index is 7.51. The van der Waals surface area contributed by atoms with E-state index in [2.05, 4.69) is 18.2 Å². The molecule has 0 bridgehead atoms. The minimum atomic E-state index is 0.147. The van der Waals surface area contributed by atoms with Gasteiger partial charge in [-0.05, 0) is 18.9 Å². The van der Waals surface area contributed by atoms with Crippen molar-refractivity contribution in [3.63, 3.8) is 0 Å². The summed E-state index contributed by atoms with van der Waals surface area (Å²) in [4.78, 5) is 2.25. The van der Waals surface area contributed by atoms with Gasteiger partial charge in [0.05, 0.1) is 0 Å². The number of nitrogens with one attached hydrogen (secondary N) is 1. The minimum absolute atomic E-state index is 0.147. The Morgan fingerprint density at radius 1 is 1.44 bits per heavy atom. The highest BCUT2D eigenvalue weighted by Crippen LogP contribution is 2.10. The fourth-order valence-electron chi connectivity index (χ4n) is 1.54. The van der Waals surface area contributed by atoms with Gasteiger partial charge in [-0.1, -0.05) is 24.3 Å². The zero-order valence-electron chi connectivity index (χ0n) is 9.86. The minimum Gasteiger partial charge on any atom is -0.384 e. The molecule has 88 valence electrons. The van der Waals surface area contributed by atoms with E-state index in [1.54, 1.807) is 0 Å². The van der Waals surface area contributed by atoms with Crippen LogP contribution in [0.25, 0.3) is 0 Å². The van der Waals surface area contributed by atoms with Crippen LogP contribution in [0.1, 0.15) is 11.1 Å². The van der Waals surface area contributed by atoms with Crippen molar-refractivity contribution < 1.29 is 0 Å². The molecule has 0 heterocycles. The van der Waals surface area contributed by atoms with Gasteiger partial charge in [0.2, 0.25) is 0 Å². The van der Waals surface area contributed by atoms with Gasteiger partial charge in [-0.15, -0.1) is 0 Å². The fraction of sp³-hybridized carbons (Fsp3) is 0.417. The molecule has 3 N–H and O–H groups in total. The molecule has 0 fully saturated rings. The zero-order chi connectivity index (χ0) is 12.0. The van der Waals surface area contributed by atoms with Crippen molar-refractivity contribution in [3.05, 3.63) is 35.4 Å². The molecule has 0 aliphatic carbocycles. The van der Waals surface area contributed by atoms with Gasteiger partial charge in [0.25, 0.3) is 0 Å². The molecule has 0 saturated heterocycles. The van der Waals surface area contributed by atoms with Gasteiger partial charge >= 0.3 is 0 Å². The third-order valence-corrected chi connectivity index (χ3v) is 3.02. The molecule has 0 aliphatic rings. The summed E-state index contributed by atoms with van der Waals surface area (Å²) in [5.74, 6) is 1.27. The number of benzene rings is 1. The lowest BCUT2D eigenvalue weighted by Gasteiger charge is -2.17. The smallest absolute Gasteiger partial charge is 0.123 e. The Labute approximate surface area is 102 Å². The second-order valence-corrected chi connectivity index (χ2v) is 4.79. The largest absolute Gasteiger partial charge is 0.384 e. The highest BCUT2D eigenvalue weighted by Gasteiger charge is 2.06. The zero-order valence-corrected chi connectivity index (χ0v) is 10.7. The molecule has 1 rings (SSSR count). The number of rotatable bonds is 6. The average Bonchev–Trinajstić information content (AvgIpc) is 2.27. The lowest BCUT2D eigenvalue weighted by atomic mass is 10.1. The summed E-state index contributed by atoms with van der Waals surface area (Å²) in [6, 6.07) is 7.85. The molecule has 0 spiro atoms. The van der Waals surface area contributed by atoms with Crippen LogP contribution in [0.15, 0.2) is 24.3 Å². The predicted molar refractivity (Wildman–Crippen MR) is 72.2 cm³/mol. The number of hydrogen-bond donors (Lipinski definition) is 2. The average molecular weight is 237 g/mol. The van der Waals surface area contributed by atoms with Crippen molar-refractivity contribution in [2.24, 2.45) is 5.73 Å². The van der Waals surface area contributed by atoms with Gasteiger partial charge in [0, 0.05) is 24.4 Å². The molecule has 3 nitrogen and oxygen atoms in total. The van der Waals surface area contributed by atoms with Crippen molar-refractivity contribution in [2.75, 3.05) is 25.6 Å². The Morgan fingerprint density at radius 2 is 2.12 bits per heavy atom. The molecular formula is C12H19N3S. The summed E-state index contributed by atoms with van der Waals surface area (Å²) in [5, 5.41) is 7.51. The number of nitrogen functional groups attached to an aromatic ring is 1. The van der Waals surface area contributed by atoms with E-state index >= 15 is 0 Å². The lowest BCUT2D eigenvalue weighted by Crippen LogP contribution is -2.23. The van der Waals surface area contributed by atoms with Crippen molar-refractivity contribution in [1.82, 2.24) is 4.90 Å². The summed E-state index contributed by atoms with van der Waals surface area (Å²) in [6.07, 6.45) is 2.11. The molecular weight excluding hydrogens is 218 g/mol. The van der Waals surface area contributed by atoms with Crippen LogP contribution in [-0.2, 0) is 6.54 Å². The van der Waals surface area contributed by atoms with Gasteiger partial charge in [-0.2, -0.15) is 11.8 Å². The SMILES string of the molecule is CSCCN(C)Cc1ccccc1C(=N)N. The summed E-state index contributed by atoms with van der Waals surface area (Å²) >= 11 is 1.84. The molecule has 0 aliphatic heterocycles. The second-order valence-electron chi connectivity index (χ2n) is 3.80. The first-order valence-electron chi connectivity index (χ1n) is 5.25. The summed E-state index contributed by atoms with van der Waals surface area (Å²) in [7, 11) is 2.09. The standard InChI is InChI=1S/C12H19N3S/c1-15(7-8-16-2)9-10-5-3-4-6-11(10)12(13)14/h3-6H,7-9H2,1-2H3,(H3,13,14). The van der Waals surface area contributed by atoms with Crippen LogP contribution >= 0.6 is 11.8 Å². The quantitative estimate of drug-likeness (QED) is 0.585. The number of nitrogens with zero attached hydrogens (tertiary/aromatic N) is 1. The molecule has 0 amide bonds. The van der Waals surface area contributed by atoms with E-state index in [9.17, 15) is 0 Å². The van der Waals surface area contributed by atoms with Crippen LogP contribution in [0.2, 0.25) is 0 Å².